The molecule has 2 aliphatic rings. The van der Waals surface area contributed by atoms with E-state index in [1.165, 1.54) is 6.07 Å². The van der Waals surface area contributed by atoms with Crippen molar-refractivity contribution < 1.29 is 18.7 Å². The van der Waals surface area contributed by atoms with E-state index in [1.807, 2.05) is 38.7 Å². The maximum Gasteiger partial charge on any atom is 0.410 e. The molecule has 0 spiro atoms. The van der Waals surface area contributed by atoms with Gasteiger partial charge in [-0.2, -0.15) is 0 Å². The summed E-state index contributed by atoms with van der Waals surface area (Å²) in [6.07, 6.45) is 0.981. The Morgan fingerprint density at radius 1 is 1.05 bits per heavy atom. The second kappa shape index (κ2) is 11.6. The molecule has 4 rings (SSSR count). The Morgan fingerprint density at radius 3 is 2.42 bits per heavy atom. The maximum atomic E-state index is 14.7. The molecule has 2 aliphatic heterocycles. The Bertz CT molecular complexity index is 1180. The lowest BCUT2D eigenvalue weighted by atomic mass is 10.1. The molecule has 0 radical (unpaired) electrons. The first-order valence-electron chi connectivity index (χ1n) is 13.0. The van der Waals surface area contributed by atoms with Gasteiger partial charge in [-0.15, -0.1) is 0 Å². The van der Waals surface area contributed by atoms with Crippen molar-refractivity contribution >= 4 is 46.6 Å². The number of amides is 2. The van der Waals surface area contributed by atoms with Crippen LogP contribution in [0.5, 0.6) is 0 Å². The third-order valence-corrected chi connectivity index (χ3v) is 7.44. The highest BCUT2D eigenvalue weighted by molar-refractivity contribution is 6.35. The fourth-order valence-corrected chi connectivity index (χ4v) is 5.51. The van der Waals surface area contributed by atoms with Gasteiger partial charge in [-0.1, -0.05) is 29.3 Å². The predicted molar refractivity (Wildman–Crippen MR) is 150 cm³/mol. The zero-order valence-corrected chi connectivity index (χ0v) is 23.8. The molecule has 1 N–H and O–H groups in total. The number of rotatable bonds is 5. The second-order valence-electron chi connectivity index (χ2n) is 10.8. The number of hydrogen-bond acceptors (Lipinski definition) is 5. The van der Waals surface area contributed by atoms with Crippen molar-refractivity contribution in [1.29, 1.82) is 0 Å². The summed E-state index contributed by atoms with van der Waals surface area (Å²) in [6, 6.07) is 9.51. The molecule has 2 aromatic carbocycles. The average molecular weight is 566 g/mol. The molecule has 0 saturated carbocycles. The van der Waals surface area contributed by atoms with Crippen molar-refractivity contribution in [2.45, 2.75) is 58.2 Å². The molecule has 2 heterocycles. The van der Waals surface area contributed by atoms with Crippen molar-refractivity contribution in [2.24, 2.45) is 0 Å². The third kappa shape index (κ3) is 6.64. The van der Waals surface area contributed by atoms with Gasteiger partial charge < -0.3 is 19.9 Å². The summed E-state index contributed by atoms with van der Waals surface area (Å²) >= 11 is 12.3. The van der Waals surface area contributed by atoms with E-state index in [0.29, 0.717) is 54.9 Å². The molecule has 2 unspecified atom stereocenters. The summed E-state index contributed by atoms with van der Waals surface area (Å²) in [7, 11) is 0. The van der Waals surface area contributed by atoms with E-state index in [0.717, 1.165) is 17.7 Å². The van der Waals surface area contributed by atoms with Crippen LogP contribution in [0, 0.1) is 5.82 Å². The Balaban J connectivity index is 1.38. The SMILES string of the molecule is CC(Nc1cc(N2CCN(C(=O)C3CCCN3C(=O)OC(C)(C)C)CC2)ccc1F)c1ccc(Cl)cc1Cl. The van der Waals surface area contributed by atoms with Crippen molar-refractivity contribution in [3.8, 4) is 0 Å². The third-order valence-electron chi connectivity index (χ3n) is 6.87. The summed E-state index contributed by atoms with van der Waals surface area (Å²) in [4.78, 5) is 31.4. The molecule has 206 valence electrons. The molecular formula is C28H35Cl2FN4O3. The monoisotopic (exact) mass is 564 g/mol. The van der Waals surface area contributed by atoms with Crippen molar-refractivity contribution in [2.75, 3.05) is 42.9 Å². The van der Waals surface area contributed by atoms with Gasteiger partial charge in [0.1, 0.15) is 17.5 Å². The van der Waals surface area contributed by atoms with E-state index >= 15 is 0 Å². The van der Waals surface area contributed by atoms with Crippen LogP contribution >= 0.6 is 23.2 Å². The van der Waals surface area contributed by atoms with Crippen molar-refractivity contribution in [3.05, 3.63) is 57.8 Å². The van der Waals surface area contributed by atoms with Gasteiger partial charge in [0.2, 0.25) is 5.91 Å². The first-order valence-corrected chi connectivity index (χ1v) is 13.7. The molecule has 2 fully saturated rings. The van der Waals surface area contributed by atoms with Crippen LogP contribution in [-0.4, -0.2) is 66.2 Å². The van der Waals surface area contributed by atoms with Gasteiger partial charge in [0, 0.05) is 48.5 Å². The van der Waals surface area contributed by atoms with Gasteiger partial charge in [-0.3, -0.25) is 9.69 Å². The highest BCUT2D eigenvalue weighted by Crippen LogP contribution is 2.31. The number of hydrogen-bond donors (Lipinski definition) is 1. The van der Waals surface area contributed by atoms with E-state index in [2.05, 4.69) is 10.2 Å². The van der Waals surface area contributed by atoms with Gasteiger partial charge in [0.05, 0.1) is 11.7 Å². The first kappa shape index (κ1) is 28.3. The molecular weight excluding hydrogens is 530 g/mol. The minimum atomic E-state index is -0.610. The number of carbonyl (C=O) groups excluding carboxylic acids is 2. The largest absolute Gasteiger partial charge is 0.444 e. The van der Waals surface area contributed by atoms with Gasteiger partial charge in [-0.05, 0) is 76.4 Å². The fraction of sp³-hybridized carbons (Fsp3) is 0.500. The van der Waals surface area contributed by atoms with E-state index < -0.39 is 17.7 Å². The lowest BCUT2D eigenvalue weighted by molar-refractivity contribution is -0.136. The van der Waals surface area contributed by atoms with Crippen molar-refractivity contribution in [1.82, 2.24) is 9.80 Å². The smallest absolute Gasteiger partial charge is 0.410 e. The van der Waals surface area contributed by atoms with Gasteiger partial charge in [0.15, 0.2) is 0 Å². The van der Waals surface area contributed by atoms with E-state index in [-0.39, 0.29) is 17.8 Å². The Kier molecular flexibility index (Phi) is 8.62. The zero-order valence-electron chi connectivity index (χ0n) is 22.3. The Hall–Kier alpha value is -2.71. The summed E-state index contributed by atoms with van der Waals surface area (Å²) in [5, 5.41) is 4.28. The van der Waals surface area contributed by atoms with Crippen molar-refractivity contribution in [3.63, 3.8) is 0 Å². The standard InChI is InChI=1S/C28H35Cl2FN4O3/c1-18(21-9-7-19(29)16-22(21)30)32-24-17-20(8-10-23(24)31)33-12-14-34(15-13-33)26(36)25-6-5-11-35(25)27(37)38-28(2,3)4/h7-10,16-18,25,32H,5-6,11-15H2,1-4H3. The zero-order chi connectivity index (χ0) is 27.6. The van der Waals surface area contributed by atoms with E-state index in [9.17, 15) is 14.0 Å². The molecule has 2 atom stereocenters. The van der Waals surface area contributed by atoms with Crippen LogP contribution in [0.3, 0.4) is 0 Å². The van der Waals surface area contributed by atoms with Gasteiger partial charge >= 0.3 is 6.09 Å². The van der Waals surface area contributed by atoms with Crippen LogP contribution in [-0.2, 0) is 9.53 Å². The van der Waals surface area contributed by atoms with E-state index in [4.69, 9.17) is 27.9 Å². The molecule has 2 saturated heterocycles. The van der Waals surface area contributed by atoms with Crippen LogP contribution in [0.25, 0.3) is 0 Å². The topological polar surface area (TPSA) is 65.1 Å². The number of carbonyl (C=O) groups is 2. The molecule has 0 aliphatic carbocycles. The van der Waals surface area contributed by atoms with Crippen LogP contribution in [0.2, 0.25) is 10.0 Å². The summed E-state index contributed by atoms with van der Waals surface area (Å²) < 4.78 is 20.2. The lowest BCUT2D eigenvalue weighted by Crippen LogP contribution is -2.54. The highest BCUT2D eigenvalue weighted by atomic mass is 35.5. The van der Waals surface area contributed by atoms with Crippen LogP contribution in [0.15, 0.2) is 36.4 Å². The molecule has 7 nitrogen and oxygen atoms in total. The van der Waals surface area contributed by atoms with Crippen LogP contribution < -0.4 is 10.2 Å². The number of piperazine rings is 1. The number of likely N-dealkylation sites (tertiary alicyclic amines) is 1. The predicted octanol–water partition coefficient (Wildman–Crippen LogP) is 6.35. The molecule has 0 aromatic heterocycles. The molecule has 10 heteroatoms. The van der Waals surface area contributed by atoms with Gasteiger partial charge in [-0.25, -0.2) is 9.18 Å². The first-order chi connectivity index (χ1) is 17.9. The minimum Gasteiger partial charge on any atom is -0.444 e. The van der Waals surface area contributed by atoms with Crippen LogP contribution in [0.4, 0.5) is 20.6 Å². The fourth-order valence-electron chi connectivity index (χ4n) is 4.94. The van der Waals surface area contributed by atoms with Gasteiger partial charge in [0.25, 0.3) is 0 Å². The number of nitrogens with one attached hydrogen (secondary N) is 1. The maximum absolute atomic E-state index is 14.7. The normalized spacial score (nSPS) is 18.9. The summed E-state index contributed by atoms with van der Waals surface area (Å²) in [6.45, 7) is 10.2. The number of benzene rings is 2. The number of nitrogens with zero attached hydrogens (tertiary/aromatic N) is 3. The molecule has 38 heavy (non-hydrogen) atoms. The summed E-state index contributed by atoms with van der Waals surface area (Å²) in [5.41, 5.74) is 1.45. The Labute approximate surface area is 233 Å². The Morgan fingerprint density at radius 2 is 1.76 bits per heavy atom. The molecule has 0 bridgehead atoms. The molecule has 2 amide bonds. The highest BCUT2D eigenvalue weighted by Gasteiger charge is 2.39. The second-order valence-corrected chi connectivity index (χ2v) is 11.7. The summed E-state index contributed by atoms with van der Waals surface area (Å²) in [5.74, 6) is -0.397. The number of anilines is 2. The quantitative estimate of drug-likeness (QED) is 0.458. The number of ether oxygens (including phenoxy) is 1. The minimum absolute atomic E-state index is 0.0388. The van der Waals surface area contributed by atoms with Crippen LogP contribution in [0.1, 0.15) is 52.1 Å². The number of halogens is 3. The molecule has 2 aromatic rings. The lowest BCUT2D eigenvalue weighted by Gasteiger charge is -2.38. The van der Waals surface area contributed by atoms with E-state index in [1.54, 1.807) is 29.2 Å². The average Bonchev–Trinajstić information content (AvgIpc) is 3.34.